The van der Waals surface area contributed by atoms with E-state index < -0.39 is 15.7 Å². The zero-order valence-corrected chi connectivity index (χ0v) is 18.3. The van der Waals surface area contributed by atoms with Crippen LogP contribution in [0.3, 0.4) is 0 Å². The number of nitrogens with zero attached hydrogens (tertiary/aromatic N) is 3. The number of benzene rings is 2. The van der Waals surface area contributed by atoms with Crippen LogP contribution in [-0.2, 0) is 6.18 Å². The van der Waals surface area contributed by atoms with E-state index in [0.717, 1.165) is 4.68 Å². The highest BCUT2D eigenvalue weighted by Crippen LogP contribution is 2.46. The van der Waals surface area contributed by atoms with Crippen LogP contribution in [-0.4, -0.2) is 19.9 Å². The fourth-order valence-electron chi connectivity index (χ4n) is 2.41. The van der Waals surface area contributed by atoms with Gasteiger partial charge < -0.3 is 0 Å². The molecule has 0 spiro atoms. The predicted octanol–water partition coefficient (Wildman–Crippen LogP) is 8.10. The third-order valence-electron chi connectivity index (χ3n) is 3.63. The number of rotatable bonds is 5. The van der Waals surface area contributed by atoms with Gasteiger partial charge in [0.15, 0.2) is 5.82 Å². The minimum atomic E-state index is -4.64. The molecule has 0 bridgehead atoms. The highest BCUT2D eigenvalue weighted by Gasteiger charge is 2.33. The first-order valence-electron chi connectivity index (χ1n) is 7.95. The maximum absolute atomic E-state index is 13.8. The van der Waals surface area contributed by atoms with Gasteiger partial charge in [0, 0.05) is 6.21 Å². The smallest absolute Gasteiger partial charge is 0.235 e. The molecular weight excluding hydrogens is 508 g/mol. The molecule has 2 aromatic carbocycles. The molecule has 0 unspecified atom stereocenters. The highest BCUT2D eigenvalue weighted by atomic mass is 35.5. The van der Waals surface area contributed by atoms with E-state index in [0.29, 0.717) is 29.5 Å². The monoisotopic (exact) mass is 515 g/mol. The molecule has 0 fully saturated rings. The molecule has 1 aromatic heterocycles. The van der Waals surface area contributed by atoms with Crippen molar-refractivity contribution in [3.63, 3.8) is 0 Å². The topological polar surface area (TPSA) is 30.2 Å². The van der Waals surface area contributed by atoms with Crippen molar-refractivity contribution in [3.05, 3.63) is 69.8 Å². The number of aromatic nitrogens is 2. The minimum absolute atomic E-state index is 0.0238. The lowest BCUT2D eigenvalue weighted by Gasteiger charge is -2.14. The standard InChI is InChI=1S/C18H9Cl4F4N3S/c19-12-6-11(17(23,24)25)7-13(20)15(12)29-16(14(9-28-29)30-18(21,22)26)27-8-10-4-2-1-3-5-10/h1-9H. The molecule has 3 nitrogen and oxygen atoms in total. The van der Waals surface area contributed by atoms with Crippen LogP contribution in [0.25, 0.3) is 5.69 Å². The first-order chi connectivity index (χ1) is 14.0. The van der Waals surface area contributed by atoms with Crippen molar-refractivity contribution in [2.45, 2.75) is 15.0 Å². The summed E-state index contributed by atoms with van der Waals surface area (Å²) in [5, 5.41) is 3.39. The van der Waals surface area contributed by atoms with Crippen LogP contribution in [0.2, 0.25) is 10.0 Å². The van der Waals surface area contributed by atoms with Crippen molar-refractivity contribution in [1.82, 2.24) is 9.78 Å². The fraction of sp³-hybridized carbons (Fsp3) is 0.111. The van der Waals surface area contributed by atoms with E-state index in [2.05, 4.69) is 10.1 Å². The van der Waals surface area contributed by atoms with Gasteiger partial charge in [0.25, 0.3) is 0 Å². The van der Waals surface area contributed by atoms with Gasteiger partial charge in [-0.2, -0.15) is 22.7 Å². The molecule has 0 aliphatic rings. The normalized spacial score (nSPS) is 12.7. The second-order valence-electron chi connectivity index (χ2n) is 5.75. The van der Waals surface area contributed by atoms with Crippen LogP contribution in [0.4, 0.5) is 23.4 Å². The van der Waals surface area contributed by atoms with E-state index in [1.54, 1.807) is 24.3 Å². The number of alkyl halides is 6. The van der Waals surface area contributed by atoms with Crippen LogP contribution >= 0.6 is 58.2 Å². The number of aliphatic imine (C=N–C) groups is 1. The average Bonchev–Trinajstić information content (AvgIpc) is 3.00. The van der Waals surface area contributed by atoms with Crippen molar-refractivity contribution in [1.29, 1.82) is 0 Å². The summed E-state index contributed by atoms with van der Waals surface area (Å²) in [6.07, 6.45) is -1.99. The number of hydrogen-bond donors (Lipinski definition) is 0. The second kappa shape index (κ2) is 8.96. The van der Waals surface area contributed by atoms with Gasteiger partial charge in [-0.3, -0.25) is 0 Å². The van der Waals surface area contributed by atoms with E-state index in [9.17, 15) is 17.6 Å². The molecule has 0 atom stereocenters. The van der Waals surface area contributed by atoms with Gasteiger partial charge in [-0.05, 0) is 29.5 Å². The van der Waals surface area contributed by atoms with E-state index in [1.807, 2.05) is 6.07 Å². The van der Waals surface area contributed by atoms with Gasteiger partial charge in [-0.25, -0.2) is 9.67 Å². The molecule has 3 aromatic rings. The molecule has 0 saturated heterocycles. The Morgan fingerprint density at radius 3 is 2.13 bits per heavy atom. The molecule has 30 heavy (non-hydrogen) atoms. The van der Waals surface area contributed by atoms with Crippen LogP contribution < -0.4 is 0 Å². The Morgan fingerprint density at radius 1 is 1.00 bits per heavy atom. The van der Waals surface area contributed by atoms with E-state index in [1.165, 1.54) is 12.4 Å². The second-order valence-corrected chi connectivity index (χ2v) is 9.45. The molecule has 0 aliphatic heterocycles. The molecule has 158 valence electrons. The third kappa shape index (κ3) is 5.62. The van der Waals surface area contributed by atoms with Crippen molar-refractivity contribution in [3.8, 4) is 5.69 Å². The predicted molar refractivity (Wildman–Crippen MR) is 114 cm³/mol. The summed E-state index contributed by atoms with van der Waals surface area (Å²) in [7, 11) is 0. The van der Waals surface area contributed by atoms with Gasteiger partial charge in [-0.1, -0.05) is 76.7 Å². The van der Waals surface area contributed by atoms with Crippen molar-refractivity contribution in [2.24, 2.45) is 4.99 Å². The molecule has 3 rings (SSSR count). The number of thioether (sulfide) groups is 1. The Hall–Kier alpha value is -1.45. The SMILES string of the molecule is FC(Cl)(Cl)Sc1cnn(-c2c(Cl)cc(C(F)(F)F)cc2Cl)c1N=Cc1ccccc1. The molecule has 0 amide bonds. The van der Waals surface area contributed by atoms with E-state index in [4.69, 9.17) is 46.4 Å². The Balaban J connectivity index is 2.15. The van der Waals surface area contributed by atoms with E-state index >= 15 is 0 Å². The van der Waals surface area contributed by atoms with Crippen LogP contribution in [0.15, 0.2) is 58.5 Å². The minimum Gasteiger partial charge on any atom is -0.235 e. The summed E-state index contributed by atoms with van der Waals surface area (Å²) in [4.78, 5) is 4.39. The molecule has 0 aliphatic carbocycles. The first kappa shape index (κ1) is 23.2. The number of halogens is 8. The van der Waals surface area contributed by atoms with Crippen LogP contribution in [0.1, 0.15) is 11.1 Å². The average molecular weight is 517 g/mol. The Kier molecular flexibility index (Phi) is 6.94. The summed E-state index contributed by atoms with van der Waals surface area (Å²) in [6, 6.07) is 10.3. The Labute approximate surface area is 192 Å². The fourth-order valence-corrected chi connectivity index (χ4v) is 4.14. The summed E-state index contributed by atoms with van der Waals surface area (Å²) in [6.45, 7) is 0. The molecular formula is C18H9Cl4F4N3S. The summed E-state index contributed by atoms with van der Waals surface area (Å²) < 4.78 is 51.3. The summed E-state index contributed by atoms with van der Waals surface area (Å²) in [5.41, 5.74) is -0.386. The quantitative estimate of drug-likeness (QED) is 0.148. The highest BCUT2D eigenvalue weighted by molar-refractivity contribution is 8.03. The van der Waals surface area contributed by atoms with Gasteiger partial charge in [-0.15, -0.1) is 0 Å². The van der Waals surface area contributed by atoms with E-state index in [-0.39, 0.29) is 26.4 Å². The van der Waals surface area contributed by atoms with Crippen molar-refractivity contribution < 1.29 is 17.6 Å². The lowest BCUT2D eigenvalue weighted by atomic mass is 10.2. The van der Waals surface area contributed by atoms with Gasteiger partial charge in [0.1, 0.15) is 5.69 Å². The maximum atomic E-state index is 13.8. The lowest BCUT2D eigenvalue weighted by Crippen LogP contribution is -2.07. The molecule has 1 heterocycles. The largest absolute Gasteiger partial charge is 0.416 e. The molecule has 0 N–H and O–H groups in total. The summed E-state index contributed by atoms with van der Waals surface area (Å²) >= 11 is 23.4. The lowest BCUT2D eigenvalue weighted by molar-refractivity contribution is -0.137. The third-order valence-corrected chi connectivity index (χ3v) is 5.41. The van der Waals surface area contributed by atoms with Crippen molar-refractivity contribution >= 4 is 70.2 Å². The first-order valence-corrected chi connectivity index (χ1v) is 10.3. The zero-order valence-electron chi connectivity index (χ0n) is 14.5. The zero-order chi connectivity index (χ0) is 22.1. The Morgan fingerprint density at radius 2 is 1.60 bits per heavy atom. The Bertz CT molecular complexity index is 1060. The van der Waals surface area contributed by atoms with Crippen molar-refractivity contribution in [2.75, 3.05) is 0 Å². The summed E-state index contributed by atoms with van der Waals surface area (Å²) in [5.74, 6) is 0.0238. The molecule has 12 heteroatoms. The van der Waals surface area contributed by atoms with Gasteiger partial charge >= 0.3 is 10.1 Å². The maximum Gasteiger partial charge on any atom is 0.416 e. The van der Waals surface area contributed by atoms with Gasteiger partial charge in [0.2, 0.25) is 0 Å². The molecule has 0 radical (unpaired) electrons. The molecule has 0 saturated carbocycles. The van der Waals surface area contributed by atoms with Crippen LogP contribution in [0, 0.1) is 0 Å². The van der Waals surface area contributed by atoms with Crippen LogP contribution in [0.5, 0.6) is 0 Å². The van der Waals surface area contributed by atoms with Gasteiger partial charge in [0.05, 0.1) is 26.7 Å². The number of hydrogen-bond acceptors (Lipinski definition) is 3.